The van der Waals surface area contributed by atoms with E-state index >= 15 is 0 Å². The zero-order chi connectivity index (χ0) is 10.0. The van der Waals surface area contributed by atoms with E-state index in [1.165, 1.54) is 22.3 Å². The van der Waals surface area contributed by atoms with Gasteiger partial charge >= 0.3 is 0 Å². The molecule has 0 nitrogen and oxygen atoms in total. The fourth-order valence-electron chi connectivity index (χ4n) is 1.70. The van der Waals surface area contributed by atoms with Crippen molar-refractivity contribution in [3.8, 4) is 0 Å². The lowest BCUT2D eigenvalue weighted by Crippen LogP contribution is -1.90. The molecule has 70 valence electrons. The third kappa shape index (κ3) is 2.13. The quantitative estimate of drug-likeness (QED) is 0.628. The van der Waals surface area contributed by atoms with Crippen LogP contribution < -0.4 is 0 Å². The second-order valence-corrected chi connectivity index (χ2v) is 3.82. The van der Waals surface area contributed by atoms with Crippen molar-refractivity contribution in [2.45, 2.75) is 27.7 Å². The number of hydrogen-bond donors (Lipinski definition) is 0. The van der Waals surface area contributed by atoms with Gasteiger partial charge in [-0.1, -0.05) is 35.4 Å². The van der Waals surface area contributed by atoms with Crippen LogP contribution in [-0.4, -0.2) is 0 Å². The summed E-state index contributed by atoms with van der Waals surface area (Å²) in [6.45, 7) is 8.26. The van der Waals surface area contributed by atoms with Gasteiger partial charge in [0, 0.05) is 5.03 Å². The summed E-state index contributed by atoms with van der Waals surface area (Å²) < 4.78 is 0. The molecule has 1 aromatic rings. The lowest BCUT2D eigenvalue weighted by atomic mass is 9.99. The zero-order valence-electron chi connectivity index (χ0n) is 8.61. The highest BCUT2D eigenvalue weighted by atomic mass is 35.5. The molecule has 0 spiro atoms. The maximum absolute atomic E-state index is 6.11. The molecule has 0 bridgehead atoms. The van der Waals surface area contributed by atoms with Crippen LogP contribution in [0.5, 0.6) is 0 Å². The first-order chi connectivity index (χ1) is 6.06. The Morgan fingerprint density at radius 2 is 1.62 bits per heavy atom. The van der Waals surface area contributed by atoms with Crippen molar-refractivity contribution in [2.24, 2.45) is 0 Å². The van der Waals surface area contributed by atoms with Gasteiger partial charge < -0.3 is 0 Å². The molecule has 0 N–H and O–H groups in total. The van der Waals surface area contributed by atoms with Crippen LogP contribution in [0.25, 0.3) is 5.03 Å². The van der Waals surface area contributed by atoms with Crippen molar-refractivity contribution in [1.29, 1.82) is 0 Å². The maximum atomic E-state index is 6.11. The van der Waals surface area contributed by atoms with Gasteiger partial charge in [-0.05, 0) is 44.4 Å². The van der Waals surface area contributed by atoms with Crippen LogP contribution in [0.3, 0.4) is 0 Å². The second-order valence-electron chi connectivity index (χ2n) is 3.41. The van der Waals surface area contributed by atoms with Crippen LogP contribution in [-0.2, 0) is 0 Å². The van der Waals surface area contributed by atoms with E-state index in [4.69, 9.17) is 11.6 Å². The van der Waals surface area contributed by atoms with Crippen molar-refractivity contribution in [2.75, 3.05) is 0 Å². The van der Waals surface area contributed by atoms with Gasteiger partial charge in [-0.25, -0.2) is 0 Å². The Hall–Kier alpha value is -0.750. The summed E-state index contributed by atoms with van der Waals surface area (Å²) in [5.41, 5.74) is 4.97. The average Bonchev–Trinajstić information content (AvgIpc) is 2.02. The molecule has 13 heavy (non-hydrogen) atoms. The van der Waals surface area contributed by atoms with Crippen molar-refractivity contribution in [1.82, 2.24) is 0 Å². The van der Waals surface area contributed by atoms with Crippen LogP contribution in [0.15, 0.2) is 18.2 Å². The lowest BCUT2D eigenvalue weighted by Gasteiger charge is -2.09. The van der Waals surface area contributed by atoms with Gasteiger partial charge in [0.05, 0.1) is 0 Å². The lowest BCUT2D eigenvalue weighted by molar-refractivity contribution is 1.30. The Kier molecular flexibility index (Phi) is 3.16. The molecule has 0 fully saturated rings. The van der Waals surface area contributed by atoms with E-state index in [0.717, 1.165) is 5.03 Å². The molecule has 0 unspecified atom stereocenters. The predicted molar refractivity (Wildman–Crippen MR) is 60.2 cm³/mol. The number of halogens is 1. The summed E-state index contributed by atoms with van der Waals surface area (Å²) in [7, 11) is 0. The molecular formula is C12H15Cl. The van der Waals surface area contributed by atoms with Gasteiger partial charge in [0.25, 0.3) is 0 Å². The van der Waals surface area contributed by atoms with Crippen molar-refractivity contribution >= 4 is 16.6 Å². The largest absolute Gasteiger partial charge is 0.0840 e. The highest BCUT2D eigenvalue weighted by molar-refractivity contribution is 6.49. The fourth-order valence-corrected chi connectivity index (χ4v) is 2.00. The van der Waals surface area contributed by atoms with E-state index in [1.54, 1.807) is 0 Å². The maximum Gasteiger partial charge on any atom is 0.0441 e. The van der Waals surface area contributed by atoms with Crippen LogP contribution in [0, 0.1) is 20.8 Å². The molecule has 0 aliphatic heterocycles. The van der Waals surface area contributed by atoms with Crippen LogP contribution in [0.4, 0.5) is 0 Å². The van der Waals surface area contributed by atoms with E-state index in [0.29, 0.717) is 0 Å². The van der Waals surface area contributed by atoms with Gasteiger partial charge in [0.2, 0.25) is 0 Å². The van der Waals surface area contributed by atoms with Crippen molar-refractivity contribution < 1.29 is 0 Å². The zero-order valence-corrected chi connectivity index (χ0v) is 9.37. The molecule has 0 radical (unpaired) electrons. The Morgan fingerprint density at radius 1 is 1.15 bits per heavy atom. The summed E-state index contributed by atoms with van der Waals surface area (Å²) in [4.78, 5) is 0. The number of rotatable bonds is 1. The normalized spacial score (nSPS) is 11.9. The van der Waals surface area contributed by atoms with E-state index in [9.17, 15) is 0 Å². The molecule has 0 amide bonds. The molecule has 0 saturated carbocycles. The average molecular weight is 195 g/mol. The third-order valence-corrected chi connectivity index (χ3v) is 2.58. The molecule has 1 aromatic carbocycles. The molecule has 1 heteroatoms. The minimum atomic E-state index is 0.843. The van der Waals surface area contributed by atoms with Crippen LogP contribution >= 0.6 is 11.6 Å². The summed E-state index contributed by atoms with van der Waals surface area (Å²) in [5.74, 6) is 0. The van der Waals surface area contributed by atoms with E-state index in [-0.39, 0.29) is 0 Å². The topological polar surface area (TPSA) is 0 Å². The fraction of sp³-hybridized carbons (Fsp3) is 0.333. The smallest absolute Gasteiger partial charge is 0.0441 e. The summed E-state index contributed by atoms with van der Waals surface area (Å²) in [6.07, 6.45) is 1.94. The number of benzene rings is 1. The standard InChI is InChI=1S/C12H15Cl/c1-5-11(13)12-9(3)6-8(2)7-10(12)4/h5-7H,1-4H3/b11-5-. The van der Waals surface area contributed by atoms with Crippen LogP contribution in [0.1, 0.15) is 29.2 Å². The van der Waals surface area contributed by atoms with E-state index in [2.05, 4.69) is 32.9 Å². The number of allylic oxidation sites excluding steroid dienone is 1. The molecule has 0 aromatic heterocycles. The van der Waals surface area contributed by atoms with E-state index < -0.39 is 0 Å². The first-order valence-electron chi connectivity index (χ1n) is 4.46. The monoisotopic (exact) mass is 194 g/mol. The molecule has 0 aliphatic carbocycles. The summed E-state index contributed by atoms with van der Waals surface area (Å²) >= 11 is 6.11. The van der Waals surface area contributed by atoms with Gasteiger partial charge in [-0.3, -0.25) is 0 Å². The Morgan fingerprint density at radius 3 is 2.00 bits per heavy atom. The molecule has 1 rings (SSSR count). The predicted octanol–water partition coefficient (Wildman–Crippen LogP) is 4.21. The SMILES string of the molecule is C/C=C(\Cl)c1c(C)cc(C)cc1C. The van der Waals surface area contributed by atoms with Gasteiger partial charge in [-0.15, -0.1) is 0 Å². The second kappa shape index (κ2) is 3.97. The highest BCUT2D eigenvalue weighted by Gasteiger charge is 2.05. The van der Waals surface area contributed by atoms with Crippen molar-refractivity contribution in [3.05, 3.63) is 40.5 Å². The molecular weight excluding hydrogens is 180 g/mol. The summed E-state index contributed by atoms with van der Waals surface area (Å²) in [5, 5.41) is 0.843. The highest BCUT2D eigenvalue weighted by Crippen LogP contribution is 2.26. The molecule has 0 heterocycles. The number of aryl methyl sites for hydroxylation is 3. The Labute approximate surface area is 85.2 Å². The first-order valence-corrected chi connectivity index (χ1v) is 4.84. The third-order valence-electron chi connectivity index (χ3n) is 2.17. The molecule has 0 saturated heterocycles. The Balaban J connectivity index is 3.37. The summed E-state index contributed by atoms with van der Waals surface area (Å²) in [6, 6.07) is 4.32. The van der Waals surface area contributed by atoms with E-state index in [1.807, 2.05) is 13.0 Å². The Bertz CT molecular complexity index is 325. The number of hydrogen-bond acceptors (Lipinski definition) is 0. The van der Waals surface area contributed by atoms with Crippen LogP contribution in [0.2, 0.25) is 0 Å². The first kappa shape index (κ1) is 10.3. The molecule has 0 atom stereocenters. The van der Waals surface area contributed by atoms with Gasteiger partial charge in [0.15, 0.2) is 0 Å². The minimum absolute atomic E-state index is 0.843. The van der Waals surface area contributed by atoms with Crippen molar-refractivity contribution in [3.63, 3.8) is 0 Å². The van der Waals surface area contributed by atoms with Gasteiger partial charge in [0.1, 0.15) is 0 Å². The minimum Gasteiger partial charge on any atom is -0.0840 e. The molecule has 0 aliphatic rings. The van der Waals surface area contributed by atoms with Gasteiger partial charge in [-0.2, -0.15) is 0 Å².